The molecule has 0 saturated carbocycles. The van der Waals surface area contributed by atoms with Crippen LogP contribution in [-0.4, -0.2) is 15.9 Å². The van der Waals surface area contributed by atoms with Crippen LogP contribution >= 0.6 is 0 Å². The molecule has 0 aliphatic carbocycles. The summed E-state index contributed by atoms with van der Waals surface area (Å²) in [5.74, 6) is -0.411. The van der Waals surface area contributed by atoms with Crippen molar-refractivity contribution in [3.05, 3.63) is 76.9 Å². The molecule has 6 heteroatoms. The topological polar surface area (TPSA) is 66.9 Å². The summed E-state index contributed by atoms with van der Waals surface area (Å²) < 4.78 is 13.0. The Bertz CT molecular complexity index is 931. The molecule has 0 saturated heterocycles. The number of nitrogens with zero attached hydrogens (tertiary/aromatic N) is 2. The number of anilines is 3. The first-order chi connectivity index (χ1) is 12.4. The van der Waals surface area contributed by atoms with Crippen LogP contribution in [0.2, 0.25) is 0 Å². The minimum atomic E-state index is -0.389. The first kappa shape index (κ1) is 17.5. The zero-order chi connectivity index (χ0) is 18.7. The molecule has 26 heavy (non-hydrogen) atoms. The molecule has 0 radical (unpaired) electrons. The van der Waals surface area contributed by atoms with E-state index in [1.54, 1.807) is 0 Å². The predicted octanol–water partition coefficient (Wildman–Crippen LogP) is 4.54. The minimum Gasteiger partial charge on any atom is -0.324 e. The third kappa shape index (κ3) is 4.03. The Balaban J connectivity index is 1.80. The van der Waals surface area contributed by atoms with Crippen LogP contribution in [0.1, 0.15) is 27.2 Å². The van der Waals surface area contributed by atoms with E-state index in [4.69, 9.17) is 0 Å². The maximum atomic E-state index is 13.0. The average Bonchev–Trinajstić information content (AvgIpc) is 2.60. The summed E-state index contributed by atoms with van der Waals surface area (Å²) in [4.78, 5) is 20.8. The summed E-state index contributed by atoms with van der Waals surface area (Å²) in [7, 11) is 0. The van der Waals surface area contributed by atoms with Crippen molar-refractivity contribution in [2.45, 2.75) is 20.8 Å². The molecule has 0 atom stereocenters. The van der Waals surface area contributed by atoms with Gasteiger partial charge in [-0.25, -0.2) is 14.4 Å². The zero-order valence-corrected chi connectivity index (χ0v) is 14.8. The van der Waals surface area contributed by atoms with Crippen LogP contribution in [0.3, 0.4) is 0 Å². The molecule has 0 spiro atoms. The number of carbonyl (C=O) groups excluding carboxylic acids is 1. The van der Waals surface area contributed by atoms with Crippen LogP contribution in [0, 0.1) is 26.6 Å². The van der Waals surface area contributed by atoms with Gasteiger partial charge in [-0.3, -0.25) is 4.79 Å². The monoisotopic (exact) mass is 350 g/mol. The van der Waals surface area contributed by atoms with Crippen molar-refractivity contribution in [1.82, 2.24) is 9.97 Å². The second-order valence-electron chi connectivity index (χ2n) is 6.13. The summed E-state index contributed by atoms with van der Waals surface area (Å²) >= 11 is 0. The van der Waals surface area contributed by atoms with Crippen molar-refractivity contribution >= 4 is 23.2 Å². The molecule has 0 unspecified atom stereocenters. The molecule has 1 amide bonds. The van der Waals surface area contributed by atoms with E-state index < -0.39 is 0 Å². The number of benzene rings is 2. The van der Waals surface area contributed by atoms with Gasteiger partial charge >= 0.3 is 0 Å². The van der Waals surface area contributed by atoms with E-state index in [2.05, 4.69) is 32.7 Å². The molecule has 1 aromatic heterocycles. The highest BCUT2D eigenvalue weighted by atomic mass is 19.1. The number of hydrogen-bond donors (Lipinski definition) is 2. The molecule has 0 bridgehead atoms. The summed E-state index contributed by atoms with van der Waals surface area (Å²) in [6.45, 7) is 6.06. The first-order valence-corrected chi connectivity index (χ1v) is 8.17. The van der Waals surface area contributed by atoms with E-state index >= 15 is 0 Å². The smallest absolute Gasteiger partial charge is 0.274 e. The van der Waals surface area contributed by atoms with Crippen LogP contribution in [0.25, 0.3) is 0 Å². The van der Waals surface area contributed by atoms with Gasteiger partial charge < -0.3 is 10.6 Å². The fraction of sp³-hybridized carbons (Fsp3) is 0.150. The summed E-state index contributed by atoms with van der Waals surface area (Å²) in [5, 5.41) is 5.87. The lowest BCUT2D eigenvalue weighted by atomic mass is 10.1. The Kier molecular flexibility index (Phi) is 4.93. The number of nitrogens with one attached hydrogen (secondary N) is 2. The largest absolute Gasteiger partial charge is 0.324 e. The van der Waals surface area contributed by atoms with Gasteiger partial charge in [0.1, 0.15) is 11.5 Å². The van der Waals surface area contributed by atoms with E-state index in [1.807, 2.05) is 20.8 Å². The van der Waals surface area contributed by atoms with Crippen molar-refractivity contribution < 1.29 is 9.18 Å². The maximum absolute atomic E-state index is 13.0. The lowest BCUT2D eigenvalue weighted by Crippen LogP contribution is -2.15. The highest BCUT2D eigenvalue weighted by Crippen LogP contribution is 2.24. The van der Waals surface area contributed by atoms with Gasteiger partial charge in [0.15, 0.2) is 0 Å². The van der Waals surface area contributed by atoms with Gasteiger partial charge in [0.25, 0.3) is 5.91 Å². The quantitative estimate of drug-likeness (QED) is 0.725. The van der Waals surface area contributed by atoms with Gasteiger partial charge in [0, 0.05) is 17.6 Å². The number of aromatic nitrogens is 2. The fourth-order valence-electron chi connectivity index (χ4n) is 2.76. The Morgan fingerprint density at radius 3 is 2.31 bits per heavy atom. The van der Waals surface area contributed by atoms with Gasteiger partial charge in [-0.2, -0.15) is 0 Å². The molecule has 5 nitrogen and oxygen atoms in total. The molecule has 3 aromatic rings. The SMILES string of the molecule is Cc1cc(C)c(Nc2nccc(C(=O)Nc3ccc(F)cc3)n2)c(C)c1. The van der Waals surface area contributed by atoms with Crippen LogP contribution in [0.5, 0.6) is 0 Å². The molecule has 3 rings (SSSR count). The number of rotatable bonds is 4. The van der Waals surface area contributed by atoms with Crippen molar-refractivity contribution in [2.75, 3.05) is 10.6 Å². The Morgan fingerprint density at radius 1 is 1.00 bits per heavy atom. The summed E-state index contributed by atoms with van der Waals surface area (Å²) in [5.41, 5.74) is 4.97. The average molecular weight is 350 g/mol. The summed E-state index contributed by atoms with van der Waals surface area (Å²) in [6.07, 6.45) is 1.52. The second kappa shape index (κ2) is 7.31. The maximum Gasteiger partial charge on any atom is 0.274 e. The van der Waals surface area contributed by atoms with Gasteiger partial charge in [0.2, 0.25) is 5.95 Å². The fourth-order valence-corrected chi connectivity index (χ4v) is 2.76. The zero-order valence-electron chi connectivity index (χ0n) is 14.8. The third-order valence-corrected chi connectivity index (χ3v) is 3.90. The van der Waals surface area contributed by atoms with E-state index in [0.29, 0.717) is 11.6 Å². The van der Waals surface area contributed by atoms with Crippen LogP contribution in [-0.2, 0) is 0 Å². The van der Waals surface area contributed by atoms with E-state index in [1.165, 1.54) is 42.1 Å². The number of amides is 1. The van der Waals surface area contributed by atoms with Gasteiger partial charge in [0.05, 0.1) is 0 Å². The Labute approximate surface area is 151 Å². The van der Waals surface area contributed by atoms with Crippen LogP contribution in [0.15, 0.2) is 48.7 Å². The first-order valence-electron chi connectivity index (χ1n) is 8.17. The van der Waals surface area contributed by atoms with Crippen molar-refractivity contribution in [1.29, 1.82) is 0 Å². The minimum absolute atomic E-state index is 0.217. The normalized spacial score (nSPS) is 10.5. The molecule has 0 aliphatic heterocycles. The summed E-state index contributed by atoms with van der Waals surface area (Å²) in [6, 6.07) is 11.2. The van der Waals surface area contributed by atoms with Crippen molar-refractivity contribution in [3.63, 3.8) is 0 Å². The molecule has 0 aliphatic rings. The standard InChI is InChI=1S/C20H19FN4O/c1-12-10-13(2)18(14(3)11-12)25-20-22-9-8-17(24-20)19(26)23-16-6-4-15(21)5-7-16/h4-11H,1-3H3,(H,23,26)(H,22,24,25). The van der Waals surface area contributed by atoms with Gasteiger partial charge in [-0.05, 0) is 62.2 Å². The number of carbonyl (C=O) groups is 1. The lowest BCUT2D eigenvalue weighted by molar-refractivity contribution is 0.102. The van der Waals surface area contributed by atoms with Crippen LogP contribution in [0.4, 0.5) is 21.7 Å². The third-order valence-electron chi connectivity index (χ3n) is 3.90. The second-order valence-corrected chi connectivity index (χ2v) is 6.13. The van der Waals surface area contributed by atoms with Crippen molar-refractivity contribution in [2.24, 2.45) is 0 Å². The van der Waals surface area contributed by atoms with E-state index in [9.17, 15) is 9.18 Å². The van der Waals surface area contributed by atoms with E-state index in [0.717, 1.165) is 16.8 Å². The number of aryl methyl sites for hydroxylation is 3. The lowest BCUT2D eigenvalue weighted by Gasteiger charge is -2.13. The molecule has 132 valence electrons. The molecule has 2 N–H and O–H groups in total. The van der Waals surface area contributed by atoms with E-state index in [-0.39, 0.29) is 17.4 Å². The van der Waals surface area contributed by atoms with Crippen LogP contribution < -0.4 is 10.6 Å². The predicted molar refractivity (Wildman–Crippen MR) is 100 cm³/mol. The van der Waals surface area contributed by atoms with Gasteiger partial charge in [-0.1, -0.05) is 17.7 Å². The molecule has 1 heterocycles. The highest BCUT2D eigenvalue weighted by molar-refractivity contribution is 6.03. The number of halogens is 1. The molecular weight excluding hydrogens is 331 g/mol. The molecular formula is C20H19FN4O. The molecule has 2 aromatic carbocycles. The Morgan fingerprint density at radius 2 is 1.65 bits per heavy atom. The number of hydrogen-bond acceptors (Lipinski definition) is 4. The highest BCUT2D eigenvalue weighted by Gasteiger charge is 2.11. The van der Waals surface area contributed by atoms with Gasteiger partial charge in [-0.15, -0.1) is 0 Å². The Hall–Kier alpha value is -3.28. The molecule has 0 fully saturated rings. The van der Waals surface area contributed by atoms with Crippen molar-refractivity contribution in [3.8, 4) is 0 Å².